The van der Waals surface area contributed by atoms with Crippen molar-refractivity contribution in [1.29, 1.82) is 0 Å². The van der Waals surface area contributed by atoms with Crippen molar-refractivity contribution in [3.05, 3.63) is 23.9 Å². The normalized spacial score (nSPS) is 16.7. The summed E-state index contributed by atoms with van der Waals surface area (Å²) in [5.74, 6) is 0.984. The molecule has 0 aromatic carbocycles. The van der Waals surface area contributed by atoms with Crippen molar-refractivity contribution < 1.29 is 14.5 Å². The summed E-state index contributed by atoms with van der Waals surface area (Å²) >= 11 is 0. The minimum atomic E-state index is 0.699. The molecule has 0 bridgehead atoms. The second-order valence-corrected chi connectivity index (χ2v) is 3.22. The lowest BCUT2D eigenvalue weighted by Crippen LogP contribution is -2.39. The lowest BCUT2D eigenvalue weighted by Gasteiger charge is -2.21. The predicted molar refractivity (Wildman–Crippen MR) is 51.4 cm³/mol. The SMILES string of the molecule is O=Cc1cc[nH+]c(N2CCOCC2)c1. The van der Waals surface area contributed by atoms with Crippen LogP contribution < -0.4 is 9.88 Å². The van der Waals surface area contributed by atoms with E-state index in [1.165, 1.54) is 0 Å². The van der Waals surface area contributed by atoms with Crippen LogP contribution >= 0.6 is 0 Å². The van der Waals surface area contributed by atoms with E-state index in [1.54, 1.807) is 12.3 Å². The number of hydrogen-bond acceptors (Lipinski definition) is 3. The molecule has 74 valence electrons. The Kier molecular flexibility index (Phi) is 2.74. The molecule has 1 aliphatic heterocycles. The first-order chi connectivity index (χ1) is 6.90. The highest BCUT2D eigenvalue weighted by atomic mass is 16.5. The number of anilines is 1. The van der Waals surface area contributed by atoms with Crippen LogP contribution in [0.1, 0.15) is 10.4 Å². The zero-order chi connectivity index (χ0) is 9.80. The number of aldehydes is 1. The summed E-state index contributed by atoms with van der Waals surface area (Å²) in [6.07, 6.45) is 2.65. The molecular weight excluding hydrogens is 180 g/mol. The maximum absolute atomic E-state index is 10.6. The van der Waals surface area contributed by atoms with Gasteiger partial charge in [0.2, 0.25) is 0 Å². The van der Waals surface area contributed by atoms with Gasteiger partial charge in [0.05, 0.1) is 19.4 Å². The molecule has 1 aromatic heterocycles. The minimum Gasteiger partial charge on any atom is -0.373 e. The fourth-order valence-corrected chi connectivity index (χ4v) is 1.53. The summed E-state index contributed by atoms with van der Waals surface area (Å²) in [7, 11) is 0. The van der Waals surface area contributed by atoms with E-state index >= 15 is 0 Å². The molecule has 0 spiro atoms. The van der Waals surface area contributed by atoms with Crippen LogP contribution in [0.25, 0.3) is 0 Å². The predicted octanol–water partition coefficient (Wildman–Crippen LogP) is 0.150. The summed E-state index contributed by atoms with van der Waals surface area (Å²) < 4.78 is 5.25. The Morgan fingerprint density at radius 2 is 2.21 bits per heavy atom. The summed E-state index contributed by atoms with van der Waals surface area (Å²) in [5.41, 5.74) is 0.699. The molecule has 2 rings (SSSR count). The van der Waals surface area contributed by atoms with Crippen molar-refractivity contribution in [3.63, 3.8) is 0 Å². The standard InChI is InChI=1S/C10H12N2O2/c13-8-9-1-2-11-10(7-9)12-3-5-14-6-4-12/h1-2,7-8H,3-6H2/p+1. The van der Waals surface area contributed by atoms with Crippen molar-refractivity contribution in [2.24, 2.45) is 0 Å². The molecule has 14 heavy (non-hydrogen) atoms. The fraction of sp³-hybridized carbons (Fsp3) is 0.400. The van der Waals surface area contributed by atoms with Crippen molar-refractivity contribution in [2.45, 2.75) is 0 Å². The third kappa shape index (κ3) is 1.90. The number of nitrogens with zero attached hydrogens (tertiary/aromatic N) is 1. The van der Waals surface area contributed by atoms with Gasteiger partial charge in [0.15, 0.2) is 0 Å². The lowest BCUT2D eigenvalue weighted by molar-refractivity contribution is -0.364. The number of ether oxygens (including phenoxy) is 1. The highest BCUT2D eigenvalue weighted by molar-refractivity contribution is 5.75. The molecule has 1 N–H and O–H groups in total. The topological polar surface area (TPSA) is 43.7 Å². The molecular formula is C10H13N2O2+. The molecule has 0 unspecified atom stereocenters. The number of aromatic nitrogens is 1. The number of rotatable bonds is 2. The molecule has 2 heterocycles. The van der Waals surface area contributed by atoms with Crippen molar-refractivity contribution >= 4 is 12.1 Å². The van der Waals surface area contributed by atoms with E-state index in [-0.39, 0.29) is 0 Å². The first kappa shape index (κ1) is 9.15. The summed E-state index contributed by atoms with van der Waals surface area (Å²) in [6.45, 7) is 3.25. The molecule has 4 heteroatoms. The molecule has 0 amide bonds. The Morgan fingerprint density at radius 1 is 1.43 bits per heavy atom. The van der Waals surface area contributed by atoms with Gasteiger partial charge in [0, 0.05) is 11.6 Å². The van der Waals surface area contributed by atoms with E-state index < -0.39 is 0 Å². The smallest absolute Gasteiger partial charge is 0.275 e. The monoisotopic (exact) mass is 193 g/mol. The maximum atomic E-state index is 10.6. The van der Waals surface area contributed by atoms with Crippen LogP contribution in [0.3, 0.4) is 0 Å². The summed E-state index contributed by atoms with van der Waals surface area (Å²) in [4.78, 5) is 15.9. The van der Waals surface area contributed by atoms with Gasteiger partial charge in [0.25, 0.3) is 5.82 Å². The Hall–Kier alpha value is -1.42. The van der Waals surface area contributed by atoms with Crippen LogP contribution in [-0.4, -0.2) is 32.6 Å². The molecule has 0 atom stereocenters. The number of pyridine rings is 1. The fourth-order valence-electron chi connectivity index (χ4n) is 1.53. The number of hydrogen-bond donors (Lipinski definition) is 0. The Labute approximate surface area is 82.5 Å². The van der Waals surface area contributed by atoms with E-state index in [0.29, 0.717) is 5.56 Å². The number of nitrogens with one attached hydrogen (secondary N) is 1. The van der Waals surface area contributed by atoms with Crippen LogP contribution in [0, 0.1) is 0 Å². The first-order valence-electron chi connectivity index (χ1n) is 4.70. The summed E-state index contributed by atoms with van der Waals surface area (Å²) in [5, 5.41) is 0. The average molecular weight is 193 g/mol. The van der Waals surface area contributed by atoms with Crippen LogP contribution in [0.5, 0.6) is 0 Å². The zero-order valence-electron chi connectivity index (χ0n) is 7.90. The van der Waals surface area contributed by atoms with Crippen LogP contribution in [0.4, 0.5) is 5.82 Å². The van der Waals surface area contributed by atoms with Crippen LogP contribution in [-0.2, 0) is 4.74 Å². The van der Waals surface area contributed by atoms with Gasteiger partial charge in [-0.25, -0.2) is 4.98 Å². The molecule has 1 aromatic rings. The highest BCUT2D eigenvalue weighted by Gasteiger charge is 2.18. The number of H-pyrrole nitrogens is 1. The second-order valence-electron chi connectivity index (χ2n) is 3.22. The van der Waals surface area contributed by atoms with Crippen molar-refractivity contribution in [1.82, 2.24) is 0 Å². The molecule has 0 radical (unpaired) electrons. The zero-order valence-corrected chi connectivity index (χ0v) is 7.90. The van der Waals surface area contributed by atoms with E-state index in [0.717, 1.165) is 38.4 Å². The van der Waals surface area contributed by atoms with Crippen LogP contribution in [0.15, 0.2) is 18.3 Å². The Bertz CT molecular complexity index is 322. The number of morpholine rings is 1. The van der Waals surface area contributed by atoms with Gasteiger partial charge in [-0.15, -0.1) is 0 Å². The van der Waals surface area contributed by atoms with E-state index in [2.05, 4.69) is 9.88 Å². The average Bonchev–Trinajstić information content (AvgIpc) is 2.30. The Balaban J connectivity index is 2.17. The maximum Gasteiger partial charge on any atom is 0.275 e. The van der Waals surface area contributed by atoms with Gasteiger partial charge in [-0.1, -0.05) is 0 Å². The lowest BCUT2D eigenvalue weighted by atomic mass is 10.2. The number of carbonyl (C=O) groups excluding carboxylic acids is 1. The van der Waals surface area contributed by atoms with Gasteiger partial charge < -0.3 is 4.74 Å². The molecule has 4 nitrogen and oxygen atoms in total. The summed E-state index contributed by atoms with van der Waals surface area (Å²) in [6, 6.07) is 3.62. The van der Waals surface area contributed by atoms with Gasteiger partial charge in [-0.3, -0.25) is 9.69 Å². The third-order valence-electron chi connectivity index (χ3n) is 2.30. The van der Waals surface area contributed by atoms with Gasteiger partial charge in [-0.05, 0) is 6.07 Å². The van der Waals surface area contributed by atoms with Crippen LogP contribution in [0.2, 0.25) is 0 Å². The number of aromatic amines is 1. The Morgan fingerprint density at radius 3 is 2.93 bits per heavy atom. The first-order valence-corrected chi connectivity index (χ1v) is 4.70. The van der Waals surface area contributed by atoms with E-state index in [9.17, 15) is 4.79 Å². The minimum absolute atomic E-state index is 0.699. The number of carbonyl (C=O) groups is 1. The largest absolute Gasteiger partial charge is 0.373 e. The van der Waals surface area contributed by atoms with E-state index in [1.807, 2.05) is 6.07 Å². The quantitative estimate of drug-likeness (QED) is 0.628. The van der Waals surface area contributed by atoms with Gasteiger partial charge in [0.1, 0.15) is 19.4 Å². The highest BCUT2D eigenvalue weighted by Crippen LogP contribution is 2.09. The third-order valence-corrected chi connectivity index (χ3v) is 2.30. The van der Waals surface area contributed by atoms with E-state index in [4.69, 9.17) is 4.74 Å². The van der Waals surface area contributed by atoms with Crippen molar-refractivity contribution in [3.8, 4) is 0 Å². The molecule has 1 saturated heterocycles. The second kappa shape index (κ2) is 4.19. The van der Waals surface area contributed by atoms with Gasteiger partial charge >= 0.3 is 0 Å². The molecule has 1 aliphatic rings. The molecule has 0 saturated carbocycles. The van der Waals surface area contributed by atoms with Crippen molar-refractivity contribution in [2.75, 3.05) is 31.2 Å². The molecule has 1 fully saturated rings. The molecule has 0 aliphatic carbocycles. The van der Waals surface area contributed by atoms with Gasteiger partial charge in [-0.2, -0.15) is 0 Å².